The van der Waals surface area contributed by atoms with Crippen molar-refractivity contribution in [3.8, 4) is 0 Å². The topological polar surface area (TPSA) is 40.5 Å². The molecule has 0 aliphatic rings. The quantitative estimate of drug-likeness (QED) is 0.887. The Morgan fingerprint density at radius 2 is 1.94 bits per heavy atom. The summed E-state index contributed by atoms with van der Waals surface area (Å²) < 4.78 is 0. The summed E-state index contributed by atoms with van der Waals surface area (Å²) in [5.41, 5.74) is 2.45. The lowest BCUT2D eigenvalue weighted by molar-refractivity contribution is -0.146. The van der Waals surface area contributed by atoms with Crippen LogP contribution in [0.3, 0.4) is 0 Å². The summed E-state index contributed by atoms with van der Waals surface area (Å²) in [5.74, 6) is -0.243. The van der Waals surface area contributed by atoms with Crippen LogP contribution in [0.15, 0.2) is 18.2 Å². The molecule has 1 rings (SSSR count). The first-order valence-electron chi connectivity index (χ1n) is 6.26. The Labute approximate surface area is 109 Å². The Morgan fingerprint density at radius 3 is 2.44 bits per heavy atom. The Hall–Kier alpha value is -1.35. The third-order valence-electron chi connectivity index (χ3n) is 3.08. The van der Waals surface area contributed by atoms with E-state index in [1.54, 1.807) is 11.9 Å². The molecule has 1 aromatic rings. The molecule has 0 heterocycles. The molecule has 0 radical (unpaired) electrons. The highest BCUT2D eigenvalue weighted by Gasteiger charge is 2.26. The lowest BCUT2D eigenvalue weighted by atomic mass is 10.0. The van der Waals surface area contributed by atoms with Gasteiger partial charge in [-0.05, 0) is 45.2 Å². The van der Waals surface area contributed by atoms with E-state index in [0.29, 0.717) is 6.54 Å². The highest BCUT2D eigenvalue weighted by molar-refractivity contribution is 5.83. The number of aliphatic hydroxyl groups is 1. The molecule has 3 heteroatoms. The van der Waals surface area contributed by atoms with Gasteiger partial charge in [-0.2, -0.15) is 0 Å². The van der Waals surface area contributed by atoms with Crippen LogP contribution in [0.25, 0.3) is 0 Å². The van der Waals surface area contributed by atoms with Gasteiger partial charge >= 0.3 is 0 Å². The van der Waals surface area contributed by atoms with E-state index in [4.69, 9.17) is 0 Å². The number of hydrogen-bond acceptors (Lipinski definition) is 2. The maximum Gasteiger partial charge on any atom is 0.253 e. The van der Waals surface area contributed by atoms with Crippen LogP contribution in [0.1, 0.15) is 30.5 Å². The normalized spacial score (nSPS) is 11.4. The highest BCUT2D eigenvalue weighted by Crippen LogP contribution is 2.12. The summed E-state index contributed by atoms with van der Waals surface area (Å²) in [6.07, 6.45) is 0.810. The zero-order chi connectivity index (χ0) is 13.9. The standard InChI is InChI=1S/C15H23NO2/c1-11-6-7-13(12(2)10-11)8-9-16(5)14(17)15(3,4)18/h6-7,10,18H,8-9H2,1-5H3. The summed E-state index contributed by atoms with van der Waals surface area (Å²) in [6, 6.07) is 6.33. The van der Waals surface area contributed by atoms with E-state index in [-0.39, 0.29) is 5.91 Å². The van der Waals surface area contributed by atoms with Crippen LogP contribution in [0.4, 0.5) is 0 Å². The first kappa shape index (κ1) is 14.7. The fourth-order valence-electron chi connectivity index (χ4n) is 1.98. The molecule has 3 nitrogen and oxygen atoms in total. The predicted octanol–water partition coefficient (Wildman–Crippen LogP) is 2.08. The second kappa shape index (κ2) is 5.53. The average molecular weight is 249 g/mol. The molecule has 0 fully saturated rings. The summed E-state index contributed by atoms with van der Waals surface area (Å²) in [7, 11) is 1.73. The summed E-state index contributed by atoms with van der Waals surface area (Å²) in [4.78, 5) is 13.4. The van der Waals surface area contributed by atoms with Crippen molar-refractivity contribution in [2.24, 2.45) is 0 Å². The van der Waals surface area contributed by atoms with Gasteiger partial charge in [-0.1, -0.05) is 23.8 Å². The summed E-state index contributed by atoms with van der Waals surface area (Å²) in [6.45, 7) is 7.81. The minimum atomic E-state index is -1.29. The van der Waals surface area contributed by atoms with Gasteiger partial charge in [0.05, 0.1) is 0 Å². The van der Waals surface area contributed by atoms with Gasteiger partial charge in [0.2, 0.25) is 0 Å². The Morgan fingerprint density at radius 1 is 1.33 bits per heavy atom. The van der Waals surface area contributed by atoms with Crippen molar-refractivity contribution in [1.29, 1.82) is 0 Å². The van der Waals surface area contributed by atoms with Crippen molar-refractivity contribution in [3.63, 3.8) is 0 Å². The van der Waals surface area contributed by atoms with Crippen LogP contribution < -0.4 is 0 Å². The number of hydrogen-bond donors (Lipinski definition) is 1. The lowest BCUT2D eigenvalue weighted by Crippen LogP contribution is -2.43. The summed E-state index contributed by atoms with van der Waals surface area (Å²) >= 11 is 0. The molecule has 0 saturated heterocycles. The number of amides is 1. The van der Waals surface area contributed by atoms with Gasteiger partial charge in [0, 0.05) is 13.6 Å². The molecule has 100 valence electrons. The fourth-order valence-corrected chi connectivity index (χ4v) is 1.98. The molecular formula is C15H23NO2. The molecule has 0 unspecified atom stereocenters. The Balaban J connectivity index is 2.63. The molecule has 18 heavy (non-hydrogen) atoms. The molecule has 1 N–H and O–H groups in total. The second-order valence-electron chi connectivity index (χ2n) is 5.47. The fraction of sp³-hybridized carbons (Fsp3) is 0.533. The van der Waals surface area contributed by atoms with Crippen molar-refractivity contribution < 1.29 is 9.90 Å². The van der Waals surface area contributed by atoms with Gasteiger partial charge in [0.15, 0.2) is 0 Å². The van der Waals surface area contributed by atoms with Crippen molar-refractivity contribution in [2.75, 3.05) is 13.6 Å². The molecule has 0 spiro atoms. The maximum absolute atomic E-state index is 11.8. The van der Waals surface area contributed by atoms with E-state index >= 15 is 0 Å². The highest BCUT2D eigenvalue weighted by atomic mass is 16.3. The lowest BCUT2D eigenvalue weighted by Gasteiger charge is -2.25. The number of aryl methyl sites for hydroxylation is 2. The first-order chi connectivity index (χ1) is 8.21. The third kappa shape index (κ3) is 3.84. The molecule has 0 aromatic heterocycles. The summed E-state index contributed by atoms with van der Waals surface area (Å²) in [5, 5.41) is 9.65. The largest absolute Gasteiger partial charge is 0.381 e. The van der Waals surface area contributed by atoms with Gasteiger partial charge in [0.25, 0.3) is 5.91 Å². The van der Waals surface area contributed by atoms with E-state index in [1.165, 1.54) is 30.5 Å². The van der Waals surface area contributed by atoms with Crippen LogP contribution >= 0.6 is 0 Å². The molecule has 1 aromatic carbocycles. The van der Waals surface area contributed by atoms with E-state index in [1.807, 2.05) is 0 Å². The van der Waals surface area contributed by atoms with Crippen molar-refractivity contribution >= 4 is 5.91 Å². The molecule has 0 atom stereocenters. The van der Waals surface area contributed by atoms with E-state index < -0.39 is 5.60 Å². The maximum atomic E-state index is 11.8. The number of rotatable bonds is 4. The molecule has 0 saturated carbocycles. The molecule has 0 aliphatic carbocycles. The van der Waals surface area contributed by atoms with Gasteiger partial charge in [-0.15, -0.1) is 0 Å². The van der Waals surface area contributed by atoms with Crippen LogP contribution in [-0.2, 0) is 11.2 Å². The number of likely N-dealkylation sites (N-methyl/N-ethyl adjacent to an activating group) is 1. The van der Waals surface area contributed by atoms with Crippen LogP contribution in [0, 0.1) is 13.8 Å². The Bertz CT molecular complexity index is 433. The van der Waals surface area contributed by atoms with Gasteiger partial charge in [0.1, 0.15) is 5.60 Å². The molecule has 1 amide bonds. The zero-order valence-electron chi connectivity index (χ0n) is 11.9. The molecule has 0 aliphatic heterocycles. The predicted molar refractivity (Wildman–Crippen MR) is 73.6 cm³/mol. The Kier molecular flexibility index (Phi) is 4.52. The van der Waals surface area contributed by atoms with Crippen LogP contribution in [0.2, 0.25) is 0 Å². The number of carbonyl (C=O) groups excluding carboxylic acids is 1. The van der Waals surface area contributed by atoms with Gasteiger partial charge in [-0.3, -0.25) is 4.79 Å². The number of nitrogens with zero attached hydrogens (tertiary/aromatic N) is 1. The second-order valence-corrected chi connectivity index (χ2v) is 5.47. The van der Waals surface area contributed by atoms with E-state index in [0.717, 1.165) is 6.42 Å². The van der Waals surface area contributed by atoms with Gasteiger partial charge in [-0.25, -0.2) is 0 Å². The van der Waals surface area contributed by atoms with Crippen molar-refractivity contribution in [3.05, 3.63) is 34.9 Å². The van der Waals surface area contributed by atoms with Crippen LogP contribution in [0.5, 0.6) is 0 Å². The SMILES string of the molecule is Cc1ccc(CCN(C)C(=O)C(C)(C)O)c(C)c1. The van der Waals surface area contributed by atoms with Crippen molar-refractivity contribution in [1.82, 2.24) is 4.90 Å². The van der Waals surface area contributed by atoms with E-state index in [2.05, 4.69) is 32.0 Å². The van der Waals surface area contributed by atoms with Gasteiger partial charge < -0.3 is 10.0 Å². The van der Waals surface area contributed by atoms with Crippen molar-refractivity contribution in [2.45, 2.75) is 39.7 Å². The minimum Gasteiger partial charge on any atom is -0.381 e. The molecular weight excluding hydrogens is 226 g/mol. The zero-order valence-corrected chi connectivity index (χ0v) is 11.9. The minimum absolute atomic E-state index is 0.243. The average Bonchev–Trinajstić information content (AvgIpc) is 2.25. The number of benzene rings is 1. The third-order valence-corrected chi connectivity index (χ3v) is 3.08. The smallest absolute Gasteiger partial charge is 0.253 e. The molecule has 0 bridgehead atoms. The monoisotopic (exact) mass is 249 g/mol. The van der Waals surface area contributed by atoms with E-state index in [9.17, 15) is 9.90 Å². The van der Waals surface area contributed by atoms with Crippen LogP contribution in [-0.4, -0.2) is 35.1 Å². The first-order valence-corrected chi connectivity index (χ1v) is 6.26. The number of carbonyl (C=O) groups is 1.